The molecule has 0 aromatic carbocycles. The molecule has 2 rings (SSSR count). The molecule has 2 fully saturated rings. The Morgan fingerprint density at radius 1 is 1.11 bits per heavy atom. The first-order valence-electron chi connectivity index (χ1n) is 8.39. The molecule has 2 aliphatic carbocycles. The van der Waals surface area contributed by atoms with Gasteiger partial charge in [0.25, 0.3) is 0 Å². The molecule has 0 heterocycles. The van der Waals surface area contributed by atoms with Crippen LogP contribution in [0.5, 0.6) is 0 Å². The highest BCUT2D eigenvalue weighted by molar-refractivity contribution is 5.05. The molecule has 0 bridgehead atoms. The first-order valence-corrected chi connectivity index (χ1v) is 8.39. The van der Waals surface area contributed by atoms with Gasteiger partial charge < -0.3 is 10.1 Å². The maximum absolute atomic E-state index is 5.89. The van der Waals surface area contributed by atoms with Gasteiger partial charge >= 0.3 is 0 Å². The zero-order chi connectivity index (χ0) is 13.9. The Kier molecular flexibility index (Phi) is 4.94. The first-order chi connectivity index (χ1) is 9.04. The molecular formula is C17H33NO. The van der Waals surface area contributed by atoms with E-state index in [0.717, 1.165) is 6.61 Å². The molecule has 2 heteroatoms. The Bertz CT molecular complexity index is 285. The third-order valence-electron chi connectivity index (χ3n) is 5.95. The molecule has 0 radical (unpaired) electrons. The molecule has 2 saturated carbocycles. The molecule has 0 aliphatic heterocycles. The summed E-state index contributed by atoms with van der Waals surface area (Å²) in [5.74, 6) is 0. The summed E-state index contributed by atoms with van der Waals surface area (Å²) in [5, 5.41) is 3.88. The number of rotatable bonds is 6. The van der Waals surface area contributed by atoms with Crippen molar-refractivity contribution in [2.75, 3.05) is 13.2 Å². The molecule has 3 unspecified atom stereocenters. The Morgan fingerprint density at radius 3 is 2.37 bits per heavy atom. The Labute approximate surface area is 119 Å². The quantitative estimate of drug-likeness (QED) is 0.781. The second-order valence-corrected chi connectivity index (χ2v) is 7.34. The molecule has 0 spiro atoms. The molecular weight excluding hydrogens is 234 g/mol. The summed E-state index contributed by atoms with van der Waals surface area (Å²) in [7, 11) is 0. The summed E-state index contributed by atoms with van der Waals surface area (Å²) in [4.78, 5) is 0. The van der Waals surface area contributed by atoms with E-state index >= 15 is 0 Å². The lowest BCUT2D eigenvalue weighted by Crippen LogP contribution is -2.63. The van der Waals surface area contributed by atoms with Crippen LogP contribution in [0.25, 0.3) is 0 Å². The zero-order valence-electron chi connectivity index (χ0n) is 13.4. The molecule has 0 amide bonds. The van der Waals surface area contributed by atoms with Gasteiger partial charge in [-0.25, -0.2) is 0 Å². The smallest absolute Gasteiger partial charge is 0.0658 e. The average Bonchev–Trinajstić information content (AvgIpc) is 2.41. The Balaban J connectivity index is 1.83. The van der Waals surface area contributed by atoms with Gasteiger partial charge in [-0.1, -0.05) is 40.0 Å². The van der Waals surface area contributed by atoms with E-state index < -0.39 is 0 Å². The van der Waals surface area contributed by atoms with Crippen LogP contribution in [0.3, 0.4) is 0 Å². The van der Waals surface area contributed by atoms with Crippen molar-refractivity contribution in [3.05, 3.63) is 0 Å². The van der Waals surface area contributed by atoms with Gasteiger partial charge in [-0.05, 0) is 38.0 Å². The Hall–Kier alpha value is -0.0800. The minimum atomic E-state index is 0.348. The summed E-state index contributed by atoms with van der Waals surface area (Å²) in [6, 6.07) is 0.660. The van der Waals surface area contributed by atoms with Crippen molar-refractivity contribution >= 4 is 0 Å². The van der Waals surface area contributed by atoms with Crippen molar-refractivity contribution in [1.29, 1.82) is 0 Å². The maximum Gasteiger partial charge on any atom is 0.0658 e. The van der Waals surface area contributed by atoms with Gasteiger partial charge in [-0.3, -0.25) is 0 Å². The highest BCUT2D eigenvalue weighted by Gasteiger charge is 2.51. The fourth-order valence-electron chi connectivity index (χ4n) is 4.02. The molecule has 3 atom stereocenters. The van der Waals surface area contributed by atoms with E-state index in [1.165, 1.54) is 51.5 Å². The van der Waals surface area contributed by atoms with Crippen molar-refractivity contribution < 1.29 is 4.74 Å². The van der Waals surface area contributed by atoms with Crippen LogP contribution in [-0.2, 0) is 4.74 Å². The van der Waals surface area contributed by atoms with Crippen LogP contribution in [0.15, 0.2) is 0 Å². The SMILES string of the molecule is CCOC1CC(NCC2(C)CCCCC2)C1(C)CC. The number of ether oxygens (including phenoxy) is 1. The fraction of sp³-hybridized carbons (Fsp3) is 1.00. The second-order valence-electron chi connectivity index (χ2n) is 7.34. The van der Waals surface area contributed by atoms with Crippen LogP contribution >= 0.6 is 0 Å². The highest BCUT2D eigenvalue weighted by atomic mass is 16.5. The van der Waals surface area contributed by atoms with Crippen molar-refractivity contribution in [3.63, 3.8) is 0 Å². The molecule has 0 aromatic rings. The summed E-state index contributed by atoms with van der Waals surface area (Å²) >= 11 is 0. The highest BCUT2D eigenvalue weighted by Crippen LogP contribution is 2.46. The van der Waals surface area contributed by atoms with Crippen molar-refractivity contribution in [1.82, 2.24) is 5.32 Å². The molecule has 0 saturated heterocycles. The van der Waals surface area contributed by atoms with E-state index in [1.54, 1.807) is 0 Å². The summed E-state index contributed by atoms with van der Waals surface area (Å²) in [6.45, 7) is 11.3. The number of hydrogen-bond donors (Lipinski definition) is 1. The standard InChI is InChI=1S/C17H33NO/c1-5-17(4)14(12-15(17)19-6-2)18-13-16(3)10-8-7-9-11-16/h14-15,18H,5-13H2,1-4H3. The minimum Gasteiger partial charge on any atom is -0.378 e. The first kappa shape index (κ1) is 15.3. The minimum absolute atomic E-state index is 0.348. The summed E-state index contributed by atoms with van der Waals surface area (Å²) in [6.07, 6.45) is 10.00. The molecule has 19 heavy (non-hydrogen) atoms. The molecule has 1 N–H and O–H groups in total. The lowest BCUT2D eigenvalue weighted by molar-refractivity contribution is -0.127. The van der Waals surface area contributed by atoms with Crippen molar-refractivity contribution in [2.45, 2.75) is 84.8 Å². The topological polar surface area (TPSA) is 21.3 Å². The van der Waals surface area contributed by atoms with E-state index in [4.69, 9.17) is 4.74 Å². The summed E-state index contributed by atoms with van der Waals surface area (Å²) < 4.78 is 5.89. The predicted octanol–water partition coefficient (Wildman–Crippen LogP) is 4.14. The van der Waals surface area contributed by atoms with Gasteiger partial charge in [0.05, 0.1) is 6.10 Å². The fourth-order valence-corrected chi connectivity index (χ4v) is 4.02. The van der Waals surface area contributed by atoms with Crippen LogP contribution in [0, 0.1) is 10.8 Å². The van der Waals surface area contributed by atoms with Gasteiger partial charge in [-0.2, -0.15) is 0 Å². The van der Waals surface area contributed by atoms with Crippen LogP contribution in [0.1, 0.15) is 72.6 Å². The molecule has 112 valence electrons. The van der Waals surface area contributed by atoms with Crippen LogP contribution in [-0.4, -0.2) is 25.3 Å². The lowest BCUT2D eigenvalue weighted by atomic mass is 9.61. The number of hydrogen-bond acceptors (Lipinski definition) is 2. The van der Waals surface area contributed by atoms with E-state index in [1.807, 2.05) is 0 Å². The van der Waals surface area contributed by atoms with Crippen LogP contribution in [0.2, 0.25) is 0 Å². The number of nitrogens with one attached hydrogen (secondary N) is 1. The van der Waals surface area contributed by atoms with Gasteiger partial charge in [0.2, 0.25) is 0 Å². The van der Waals surface area contributed by atoms with E-state index in [9.17, 15) is 0 Å². The van der Waals surface area contributed by atoms with Gasteiger partial charge in [-0.15, -0.1) is 0 Å². The largest absolute Gasteiger partial charge is 0.378 e. The summed E-state index contributed by atoms with van der Waals surface area (Å²) in [5.41, 5.74) is 0.893. The Morgan fingerprint density at radius 2 is 1.79 bits per heavy atom. The normalized spacial score (nSPS) is 37.9. The van der Waals surface area contributed by atoms with E-state index in [0.29, 0.717) is 23.0 Å². The average molecular weight is 267 g/mol. The lowest BCUT2D eigenvalue weighted by Gasteiger charge is -2.54. The van der Waals surface area contributed by atoms with Gasteiger partial charge in [0.1, 0.15) is 0 Å². The molecule has 2 aliphatic rings. The monoisotopic (exact) mass is 267 g/mol. The molecule has 2 nitrogen and oxygen atoms in total. The van der Waals surface area contributed by atoms with E-state index in [2.05, 4.69) is 33.0 Å². The van der Waals surface area contributed by atoms with Crippen LogP contribution in [0.4, 0.5) is 0 Å². The van der Waals surface area contributed by atoms with Gasteiger partial charge in [0.15, 0.2) is 0 Å². The van der Waals surface area contributed by atoms with Crippen molar-refractivity contribution in [3.8, 4) is 0 Å². The second kappa shape index (κ2) is 6.13. The molecule has 0 aromatic heterocycles. The van der Waals surface area contributed by atoms with E-state index in [-0.39, 0.29) is 0 Å². The van der Waals surface area contributed by atoms with Crippen LogP contribution < -0.4 is 5.32 Å². The van der Waals surface area contributed by atoms with Crippen molar-refractivity contribution in [2.24, 2.45) is 10.8 Å². The maximum atomic E-state index is 5.89. The zero-order valence-corrected chi connectivity index (χ0v) is 13.4. The third kappa shape index (κ3) is 3.16. The third-order valence-corrected chi connectivity index (χ3v) is 5.95. The predicted molar refractivity (Wildman–Crippen MR) is 81.4 cm³/mol. The van der Waals surface area contributed by atoms with Gasteiger partial charge in [0, 0.05) is 24.6 Å².